The lowest BCUT2D eigenvalue weighted by molar-refractivity contribution is 0.0935. The van der Waals surface area contributed by atoms with E-state index in [4.69, 9.17) is 5.11 Å². The second-order valence-electron chi connectivity index (χ2n) is 5.44. The van der Waals surface area contributed by atoms with Crippen molar-refractivity contribution in [3.8, 4) is 11.8 Å². The van der Waals surface area contributed by atoms with E-state index in [1.807, 2.05) is 26.0 Å². The maximum Gasteiger partial charge on any atom is 0.251 e. The molecular weight excluding hydrogens is 250 g/mol. The van der Waals surface area contributed by atoms with Crippen LogP contribution in [0.3, 0.4) is 0 Å². The van der Waals surface area contributed by atoms with Crippen LogP contribution in [0.1, 0.15) is 48.7 Å². The Hall–Kier alpha value is -1.79. The lowest BCUT2D eigenvalue weighted by atomic mass is 10.0. The normalized spacial score (nSPS) is 11.7. The number of carbonyl (C=O) groups is 1. The molecule has 0 aliphatic heterocycles. The van der Waals surface area contributed by atoms with Crippen LogP contribution < -0.4 is 5.32 Å². The van der Waals surface area contributed by atoms with Crippen molar-refractivity contribution in [1.82, 2.24) is 5.32 Å². The lowest BCUT2D eigenvalue weighted by Gasteiger charge is -2.17. The molecule has 0 radical (unpaired) electrons. The van der Waals surface area contributed by atoms with E-state index < -0.39 is 0 Å². The minimum Gasteiger partial charge on any atom is -0.384 e. The maximum absolute atomic E-state index is 12.3. The SMILES string of the molecule is Cc1c(C#CCO)cccc1C(=O)NC(C)CC(C)C. The van der Waals surface area contributed by atoms with Crippen LogP contribution in [0.5, 0.6) is 0 Å². The first kappa shape index (κ1) is 16.3. The van der Waals surface area contributed by atoms with Crippen molar-refractivity contribution >= 4 is 5.91 Å². The standard InChI is InChI=1S/C17H23NO2/c1-12(2)11-13(3)18-17(20)16-9-5-7-15(14(16)4)8-6-10-19/h5,7,9,12-13,19H,10-11H2,1-4H3,(H,18,20). The van der Waals surface area contributed by atoms with Crippen molar-refractivity contribution in [2.75, 3.05) is 6.61 Å². The number of carbonyl (C=O) groups excluding carboxylic acids is 1. The molecule has 0 spiro atoms. The summed E-state index contributed by atoms with van der Waals surface area (Å²) in [6.45, 7) is 7.99. The molecule has 1 aromatic carbocycles. The van der Waals surface area contributed by atoms with Crippen molar-refractivity contribution in [1.29, 1.82) is 0 Å². The summed E-state index contributed by atoms with van der Waals surface area (Å²) in [5.41, 5.74) is 2.27. The lowest BCUT2D eigenvalue weighted by Crippen LogP contribution is -2.34. The van der Waals surface area contributed by atoms with Gasteiger partial charge in [-0.05, 0) is 43.9 Å². The third-order valence-corrected chi connectivity index (χ3v) is 3.08. The van der Waals surface area contributed by atoms with Gasteiger partial charge in [0.1, 0.15) is 6.61 Å². The topological polar surface area (TPSA) is 49.3 Å². The Morgan fingerprint density at radius 3 is 2.65 bits per heavy atom. The molecule has 0 aliphatic carbocycles. The van der Waals surface area contributed by atoms with Crippen LogP contribution in [0.15, 0.2) is 18.2 Å². The number of hydrogen-bond donors (Lipinski definition) is 2. The molecule has 20 heavy (non-hydrogen) atoms. The second kappa shape index (κ2) is 7.72. The molecule has 108 valence electrons. The summed E-state index contributed by atoms with van der Waals surface area (Å²) >= 11 is 0. The van der Waals surface area contributed by atoms with Crippen LogP contribution in [0.2, 0.25) is 0 Å². The summed E-state index contributed by atoms with van der Waals surface area (Å²) in [6, 6.07) is 5.62. The highest BCUT2D eigenvalue weighted by atomic mass is 16.2. The summed E-state index contributed by atoms with van der Waals surface area (Å²) in [7, 11) is 0. The van der Waals surface area contributed by atoms with E-state index in [9.17, 15) is 4.79 Å². The van der Waals surface area contributed by atoms with E-state index in [1.165, 1.54) is 0 Å². The molecule has 0 aromatic heterocycles. The van der Waals surface area contributed by atoms with Crippen LogP contribution in [0, 0.1) is 24.7 Å². The minimum atomic E-state index is -0.179. The highest BCUT2D eigenvalue weighted by Crippen LogP contribution is 2.14. The van der Waals surface area contributed by atoms with E-state index in [2.05, 4.69) is 31.0 Å². The predicted molar refractivity (Wildman–Crippen MR) is 81.5 cm³/mol. The van der Waals surface area contributed by atoms with Crippen LogP contribution in [0.25, 0.3) is 0 Å². The highest BCUT2D eigenvalue weighted by molar-refractivity contribution is 5.96. The Bertz CT molecular complexity index is 524. The van der Waals surface area contributed by atoms with Gasteiger partial charge in [0, 0.05) is 17.2 Å². The van der Waals surface area contributed by atoms with Crippen molar-refractivity contribution in [3.63, 3.8) is 0 Å². The Morgan fingerprint density at radius 1 is 1.35 bits per heavy atom. The van der Waals surface area contributed by atoms with Crippen LogP contribution in [0.4, 0.5) is 0 Å². The number of hydrogen-bond acceptors (Lipinski definition) is 2. The average Bonchev–Trinajstić information content (AvgIpc) is 2.36. The van der Waals surface area contributed by atoms with Gasteiger partial charge in [-0.25, -0.2) is 0 Å². The van der Waals surface area contributed by atoms with Gasteiger partial charge in [0.15, 0.2) is 0 Å². The summed E-state index contributed by atoms with van der Waals surface area (Å²) in [6.07, 6.45) is 0.953. The summed E-state index contributed by atoms with van der Waals surface area (Å²) < 4.78 is 0. The molecule has 3 heteroatoms. The number of nitrogens with one attached hydrogen (secondary N) is 1. The van der Waals surface area contributed by atoms with E-state index in [1.54, 1.807) is 6.07 Å². The summed E-state index contributed by atoms with van der Waals surface area (Å²) in [4.78, 5) is 12.3. The number of benzene rings is 1. The first-order valence-electron chi connectivity index (χ1n) is 6.96. The molecule has 1 aromatic rings. The second-order valence-corrected chi connectivity index (χ2v) is 5.44. The number of rotatable bonds is 4. The fraction of sp³-hybridized carbons (Fsp3) is 0.471. The number of amides is 1. The molecule has 2 N–H and O–H groups in total. The first-order chi connectivity index (χ1) is 9.45. The number of aliphatic hydroxyl groups is 1. The van der Waals surface area contributed by atoms with Gasteiger partial charge in [-0.15, -0.1) is 0 Å². The van der Waals surface area contributed by atoms with Gasteiger partial charge in [0.25, 0.3) is 5.91 Å². The van der Waals surface area contributed by atoms with Gasteiger partial charge < -0.3 is 10.4 Å². The van der Waals surface area contributed by atoms with Gasteiger partial charge in [0.05, 0.1) is 0 Å². The Morgan fingerprint density at radius 2 is 2.05 bits per heavy atom. The Labute approximate surface area is 121 Å². The molecule has 0 bridgehead atoms. The van der Waals surface area contributed by atoms with Gasteiger partial charge >= 0.3 is 0 Å². The van der Waals surface area contributed by atoms with Gasteiger partial charge in [-0.3, -0.25) is 4.79 Å². The molecule has 1 amide bonds. The molecule has 1 unspecified atom stereocenters. The zero-order valence-corrected chi connectivity index (χ0v) is 12.7. The summed E-state index contributed by atoms with van der Waals surface area (Å²) in [5.74, 6) is 5.96. The van der Waals surface area contributed by atoms with Crippen LogP contribution in [-0.2, 0) is 0 Å². The van der Waals surface area contributed by atoms with Crippen molar-refractivity contribution in [2.45, 2.75) is 40.2 Å². The third kappa shape index (κ3) is 4.71. The van der Waals surface area contributed by atoms with Gasteiger partial charge in [-0.1, -0.05) is 31.8 Å². The highest BCUT2D eigenvalue weighted by Gasteiger charge is 2.14. The molecule has 0 fully saturated rings. The summed E-state index contributed by atoms with van der Waals surface area (Å²) in [5, 5.41) is 11.8. The molecule has 0 saturated carbocycles. The number of aliphatic hydroxyl groups excluding tert-OH is 1. The predicted octanol–water partition coefficient (Wildman–Crippen LogP) is 2.50. The van der Waals surface area contributed by atoms with Gasteiger partial charge in [-0.2, -0.15) is 0 Å². The molecular formula is C17H23NO2. The molecule has 0 aliphatic rings. The van der Waals surface area contributed by atoms with E-state index in [-0.39, 0.29) is 18.6 Å². The average molecular weight is 273 g/mol. The third-order valence-electron chi connectivity index (χ3n) is 3.08. The van der Waals surface area contributed by atoms with Crippen LogP contribution in [-0.4, -0.2) is 23.7 Å². The molecule has 1 rings (SSSR count). The fourth-order valence-electron chi connectivity index (χ4n) is 2.22. The first-order valence-corrected chi connectivity index (χ1v) is 6.96. The Kier molecular flexibility index (Phi) is 6.27. The fourth-order valence-corrected chi connectivity index (χ4v) is 2.22. The van der Waals surface area contributed by atoms with Crippen molar-refractivity contribution < 1.29 is 9.90 Å². The monoisotopic (exact) mass is 273 g/mol. The van der Waals surface area contributed by atoms with E-state index in [0.717, 1.165) is 17.5 Å². The van der Waals surface area contributed by atoms with E-state index in [0.29, 0.717) is 11.5 Å². The minimum absolute atomic E-state index is 0.0664. The smallest absolute Gasteiger partial charge is 0.251 e. The molecule has 1 atom stereocenters. The van der Waals surface area contributed by atoms with Crippen molar-refractivity contribution in [3.05, 3.63) is 34.9 Å². The maximum atomic E-state index is 12.3. The van der Waals surface area contributed by atoms with Gasteiger partial charge in [0.2, 0.25) is 0 Å². The molecule has 0 heterocycles. The van der Waals surface area contributed by atoms with Crippen LogP contribution >= 0.6 is 0 Å². The van der Waals surface area contributed by atoms with E-state index >= 15 is 0 Å². The molecule has 3 nitrogen and oxygen atoms in total. The Balaban J connectivity index is 2.88. The zero-order valence-electron chi connectivity index (χ0n) is 12.7. The largest absolute Gasteiger partial charge is 0.384 e. The zero-order chi connectivity index (χ0) is 15.1. The van der Waals surface area contributed by atoms with Crippen molar-refractivity contribution in [2.24, 2.45) is 5.92 Å². The molecule has 0 saturated heterocycles. The quantitative estimate of drug-likeness (QED) is 0.828.